The molecule has 0 spiro atoms. The quantitative estimate of drug-likeness (QED) is 0.551. The van der Waals surface area contributed by atoms with Gasteiger partial charge in [-0.15, -0.1) is 0 Å². The number of nitrogens with one attached hydrogen (secondary N) is 1. The summed E-state index contributed by atoms with van der Waals surface area (Å²) >= 11 is 0. The molecular weight excluding hydrogens is 178 g/mol. The molecule has 0 bridgehead atoms. The number of hydrogen-bond acceptors (Lipinski definition) is 2. The minimum Gasteiger partial charge on any atom is -0.350 e. The molecule has 0 atom stereocenters. The summed E-state index contributed by atoms with van der Waals surface area (Å²) in [7, 11) is 0. The molecule has 0 fully saturated rings. The summed E-state index contributed by atoms with van der Waals surface area (Å²) in [6, 6.07) is 9.00. The van der Waals surface area contributed by atoms with E-state index < -0.39 is 6.03 Å². The Hall–Kier alpha value is -1.84. The first-order chi connectivity index (χ1) is 6.74. The second kappa shape index (κ2) is 5.01. The summed E-state index contributed by atoms with van der Waals surface area (Å²) < 4.78 is 0. The molecule has 0 saturated heterocycles. The highest BCUT2D eigenvalue weighted by molar-refractivity contribution is 6.00. The number of nitrogens with zero attached hydrogens (tertiary/aromatic N) is 1. The molecule has 1 rings (SSSR count). The van der Waals surface area contributed by atoms with Gasteiger partial charge in [-0.05, 0) is 12.0 Å². The minimum absolute atomic E-state index is 0.646. The van der Waals surface area contributed by atoms with E-state index in [-0.39, 0.29) is 0 Å². The smallest absolute Gasteiger partial charge is 0.332 e. The standard InChI is InChI=1S/C10H13N3O/c1-2-9(12-13-10(11)14)8-6-4-3-5-7-8/h3-7H,2H2,1H3,(H3,11,13,14)/b12-9-. The predicted octanol–water partition coefficient (Wildman–Crippen LogP) is 1.47. The maximum absolute atomic E-state index is 10.5. The number of hydrazone groups is 1. The largest absolute Gasteiger partial charge is 0.350 e. The monoisotopic (exact) mass is 191 g/mol. The van der Waals surface area contributed by atoms with Crippen molar-refractivity contribution in [1.29, 1.82) is 0 Å². The molecule has 1 aromatic rings. The SMILES string of the molecule is CC/C(=N/NC(N)=O)c1ccccc1. The van der Waals surface area contributed by atoms with Crippen molar-refractivity contribution in [2.45, 2.75) is 13.3 Å². The number of primary amides is 1. The number of carbonyl (C=O) groups excluding carboxylic acids is 1. The molecular formula is C10H13N3O. The third-order valence-electron chi connectivity index (χ3n) is 1.74. The number of rotatable bonds is 3. The molecule has 0 unspecified atom stereocenters. The van der Waals surface area contributed by atoms with Crippen molar-refractivity contribution in [2.24, 2.45) is 10.8 Å². The van der Waals surface area contributed by atoms with Crippen LogP contribution in [-0.2, 0) is 0 Å². The van der Waals surface area contributed by atoms with Crippen LogP contribution in [0.3, 0.4) is 0 Å². The average Bonchev–Trinajstić information content (AvgIpc) is 2.20. The zero-order valence-corrected chi connectivity index (χ0v) is 8.03. The molecule has 3 N–H and O–H groups in total. The maximum Gasteiger partial charge on any atom is 0.332 e. The Kier molecular flexibility index (Phi) is 3.67. The van der Waals surface area contributed by atoms with Crippen molar-refractivity contribution in [3.05, 3.63) is 35.9 Å². The van der Waals surface area contributed by atoms with Crippen LogP contribution in [0, 0.1) is 0 Å². The fourth-order valence-electron chi connectivity index (χ4n) is 1.10. The zero-order chi connectivity index (χ0) is 10.4. The van der Waals surface area contributed by atoms with Crippen LogP contribution in [0.15, 0.2) is 35.4 Å². The highest BCUT2D eigenvalue weighted by atomic mass is 16.2. The van der Waals surface area contributed by atoms with Gasteiger partial charge in [-0.25, -0.2) is 10.2 Å². The second-order valence-electron chi connectivity index (χ2n) is 2.75. The molecule has 0 aliphatic carbocycles. The van der Waals surface area contributed by atoms with Gasteiger partial charge in [-0.2, -0.15) is 5.10 Å². The molecule has 14 heavy (non-hydrogen) atoms. The van der Waals surface area contributed by atoms with E-state index in [4.69, 9.17) is 5.73 Å². The molecule has 0 aliphatic rings. The van der Waals surface area contributed by atoms with Crippen LogP contribution >= 0.6 is 0 Å². The van der Waals surface area contributed by atoms with Gasteiger partial charge in [-0.1, -0.05) is 37.3 Å². The van der Waals surface area contributed by atoms with Gasteiger partial charge in [-0.3, -0.25) is 0 Å². The lowest BCUT2D eigenvalue weighted by Gasteiger charge is -2.02. The van der Waals surface area contributed by atoms with Crippen molar-refractivity contribution in [3.63, 3.8) is 0 Å². The molecule has 0 aliphatic heterocycles. The number of amides is 2. The fourth-order valence-corrected chi connectivity index (χ4v) is 1.10. The molecule has 2 amide bonds. The Morgan fingerprint density at radius 3 is 2.57 bits per heavy atom. The van der Waals surface area contributed by atoms with Crippen LogP contribution in [0.2, 0.25) is 0 Å². The number of benzene rings is 1. The highest BCUT2D eigenvalue weighted by Gasteiger charge is 1.99. The van der Waals surface area contributed by atoms with E-state index in [1.807, 2.05) is 37.3 Å². The van der Waals surface area contributed by atoms with E-state index in [9.17, 15) is 4.79 Å². The van der Waals surface area contributed by atoms with Crippen molar-refractivity contribution in [3.8, 4) is 0 Å². The maximum atomic E-state index is 10.5. The van der Waals surface area contributed by atoms with Crippen LogP contribution in [0.5, 0.6) is 0 Å². The lowest BCUT2D eigenvalue weighted by atomic mass is 10.1. The molecule has 4 heteroatoms. The summed E-state index contributed by atoms with van der Waals surface area (Å²) in [5.41, 5.74) is 8.94. The Balaban J connectivity index is 2.82. The Bertz CT molecular complexity index is 332. The summed E-state index contributed by atoms with van der Waals surface area (Å²) in [5, 5.41) is 3.90. The first kappa shape index (κ1) is 10.2. The summed E-state index contributed by atoms with van der Waals surface area (Å²) in [6.07, 6.45) is 0.740. The molecule has 74 valence electrons. The highest BCUT2D eigenvalue weighted by Crippen LogP contribution is 2.03. The molecule has 0 saturated carbocycles. The van der Waals surface area contributed by atoms with Crippen LogP contribution in [0.1, 0.15) is 18.9 Å². The molecule has 1 aromatic carbocycles. The third kappa shape index (κ3) is 2.90. The average molecular weight is 191 g/mol. The minimum atomic E-state index is -0.646. The van der Waals surface area contributed by atoms with E-state index in [2.05, 4.69) is 10.5 Å². The van der Waals surface area contributed by atoms with Gasteiger partial charge in [0.05, 0.1) is 5.71 Å². The molecule has 0 heterocycles. The predicted molar refractivity (Wildman–Crippen MR) is 56.0 cm³/mol. The van der Waals surface area contributed by atoms with Crippen LogP contribution in [-0.4, -0.2) is 11.7 Å². The summed E-state index contributed by atoms with van der Waals surface area (Å²) in [4.78, 5) is 10.5. The van der Waals surface area contributed by atoms with Gasteiger partial charge in [0, 0.05) is 0 Å². The molecule has 4 nitrogen and oxygen atoms in total. The second-order valence-corrected chi connectivity index (χ2v) is 2.75. The van der Waals surface area contributed by atoms with Gasteiger partial charge in [0.15, 0.2) is 0 Å². The van der Waals surface area contributed by atoms with Gasteiger partial charge in [0.2, 0.25) is 0 Å². The number of nitrogens with two attached hydrogens (primary N) is 1. The number of carbonyl (C=O) groups is 1. The van der Waals surface area contributed by atoms with E-state index in [1.54, 1.807) is 0 Å². The lowest BCUT2D eigenvalue weighted by Crippen LogP contribution is -2.25. The van der Waals surface area contributed by atoms with E-state index in [0.29, 0.717) is 0 Å². The number of urea groups is 1. The van der Waals surface area contributed by atoms with Crippen molar-refractivity contribution in [1.82, 2.24) is 5.43 Å². The van der Waals surface area contributed by atoms with Crippen LogP contribution in [0.4, 0.5) is 4.79 Å². The van der Waals surface area contributed by atoms with E-state index >= 15 is 0 Å². The van der Waals surface area contributed by atoms with Gasteiger partial charge in [0.1, 0.15) is 0 Å². The van der Waals surface area contributed by atoms with Gasteiger partial charge in [0.25, 0.3) is 0 Å². The van der Waals surface area contributed by atoms with Gasteiger partial charge >= 0.3 is 6.03 Å². The first-order valence-corrected chi connectivity index (χ1v) is 4.41. The Morgan fingerprint density at radius 2 is 2.07 bits per heavy atom. The Morgan fingerprint density at radius 1 is 1.43 bits per heavy atom. The van der Waals surface area contributed by atoms with Crippen LogP contribution in [0.25, 0.3) is 0 Å². The Labute approximate surface area is 82.8 Å². The van der Waals surface area contributed by atoms with Gasteiger partial charge < -0.3 is 5.73 Å². The zero-order valence-electron chi connectivity index (χ0n) is 8.03. The molecule has 0 radical (unpaired) electrons. The molecule has 0 aromatic heterocycles. The lowest BCUT2D eigenvalue weighted by molar-refractivity contribution is 0.249. The fraction of sp³-hybridized carbons (Fsp3) is 0.200. The van der Waals surface area contributed by atoms with Crippen LogP contribution < -0.4 is 11.2 Å². The van der Waals surface area contributed by atoms with E-state index in [0.717, 1.165) is 17.7 Å². The first-order valence-electron chi connectivity index (χ1n) is 4.41. The normalized spacial score (nSPS) is 11.1. The third-order valence-corrected chi connectivity index (χ3v) is 1.74. The van der Waals surface area contributed by atoms with Crippen molar-refractivity contribution in [2.75, 3.05) is 0 Å². The topological polar surface area (TPSA) is 67.5 Å². The van der Waals surface area contributed by atoms with E-state index in [1.165, 1.54) is 0 Å². The number of hydrogen-bond donors (Lipinski definition) is 2. The summed E-state index contributed by atoms with van der Waals surface area (Å²) in [6.45, 7) is 1.97. The summed E-state index contributed by atoms with van der Waals surface area (Å²) in [5.74, 6) is 0. The van der Waals surface area contributed by atoms with Crippen molar-refractivity contribution < 1.29 is 4.79 Å². The van der Waals surface area contributed by atoms with Crippen molar-refractivity contribution >= 4 is 11.7 Å².